The zero-order valence-corrected chi connectivity index (χ0v) is 12.3. The van der Waals surface area contributed by atoms with Gasteiger partial charge in [0.2, 0.25) is 0 Å². The largest absolute Gasteiger partial charge is 0.314 e. The summed E-state index contributed by atoms with van der Waals surface area (Å²) in [5, 5.41) is 3.73. The maximum Gasteiger partial charge on any atom is 0.0104 e. The van der Waals surface area contributed by atoms with E-state index in [4.69, 9.17) is 0 Å². The fraction of sp³-hybridized carbons (Fsp3) is 0.875. The molecule has 0 aromatic carbocycles. The molecule has 0 rings (SSSR count). The van der Waals surface area contributed by atoms with E-state index in [1.54, 1.807) is 0 Å². The van der Waals surface area contributed by atoms with Gasteiger partial charge in [0.25, 0.3) is 0 Å². The van der Waals surface area contributed by atoms with Crippen LogP contribution in [0.25, 0.3) is 0 Å². The molecule has 0 spiro atoms. The van der Waals surface area contributed by atoms with Crippen LogP contribution in [-0.2, 0) is 0 Å². The van der Waals surface area contributed by atoms with Crippen molar-refractivity contribution in [2.45, 2.75) is 78.7 Å². The van der Waals surface area contributed by atoms with Crippen LogP contribution in [-0.4, -0.2) is 12.6 Å². The Morgan fingerprint density at radius 2 is 1.59 bits per heavy atom. The van der Waals surface area contributed by atoms with Crippen LogP contribution < -0.4 is 5.32 Å². The summed E-state index contributed by atoms with van der Waals surface area (Å²) in [6, 6.07) is 0.677. The highest BCUT2D eigenvalue weighted by atomic mass is 14.9. The fourth-order valence-corrected chi connectivity index (χ4v) is 2.48. The number of hydrogen-bond acceptors (Lipinski definition) is 1. The summed E-state index contributed by atoms with van der Waals surface area (Å²) in [6.45, 7) is 9.92. The Kier molecular flexibility index (Phi) is 11.7. The molecule has 100 valence electrons. The molecule has 0 saturated carbocycles. The van der Waals surface area contributed by atoms with Gasteiger partial charge in [0.15, 0.2) is 0 Å². The highest BCUT2D eigenvalue weighted by Crippen LogP contribution is 2.21. The lowest BCUT2D eigenvalue weighted by atomic mass is 9.87. The van der Waals surface area contributed by atoms with Gasteiger partial charge in [0, 0.05) is 12.5 Å². The molecule has 0 amide bonds. The van der Waals surface area contributed by atoms with Gasteiger partial charge in [-0.15, -0.1) is 11.8 Å². The number of nitrogens with one attached hydrogen (secondary N) is 1. The molecule has 0 radical (unpaired) electrons. The SMILES string of the molecule is CC#CCCC(NCCC)C(CCC)CCC. The van der Waals surface area contributed by atoms with Gasteiger partial charge in [-0.3, -0.25) is 0 Å². The van der Waals surface area contributed by atoms with Crippen LogP contribution in [0.5, 0.6) is 0 Å². The van der Waals surface area contributed by atoms with Gasteiger partial charge in [-0.2, -0.15) is 0 Å². The van der Waals surface area contributed by atoms with E-state index in [0.29, 0.717) is 6.04 Å². The summed E-state index contributed by atoms with van der Waals surface area (Å²) in [6.07, 6.45) is 8.79. The van der Waals surface area contributed by atoms with Crippen LogP contribution in [0.4, 0.5) is 0 Å². The molecule has 0 aliphatic rings. The summed E-state index contributed by atoms with van der Waals surface area (Å²) in [5.41, 5.74) is 0. The first-order valence-corrected chi connectivity index (χ1v) is 7.43. The summed E-state index contributed by atoms with van der Waals surface area (Å²) < 4.78 is 0. The lowest BCUT2D eigenvalue weighted by molar-refractivity contribution is 0.299. The van der Waals surface area contributed by atoms with Crippen molar-refractivity contribution in [1.82, 2.24) is 5.32 Å². The Morgan fingerprint density at radius 3 is 2.06 bits per heavy atom. The first-order chi connectivity index (χ1) is 8.29. The molecule has 0 fully saturated rings. The monoisotopic (exact) mass is 237 g/mol. The second-order valence-electron chi connectivity index (χ2n) is 4.86. The number of rotatable bonds is 10. The van der Waals surface area contributed by atoms with Crippen LogP contribution in [0.1, 0.15) is 72.6 Å². The first kappa shape index (κ1) is 16.5. The lowest BCUT2D eigenvalue weighted by Crippen LogP contribution is -2.36. The van der Waals surface area contributed by atoms with E-state index in [1.165, 1.54) is 38.5 Å². The predicted molar refractivity (Wildman–Crippen MR) is 78.1 cm³/mol. The number of hydrogen-bond donors (Lipinski definition) is 1. The van der Waals surface area contributed by atoms with E-state index in [1.807, 2.05) is 6.92 Å². The van der Waals surface area contributed by atoms with Crippen molar-refractivity contribution in [2.75, 3.05) is 6.54 Å². The van der Waals surface area contributed by atoms with Crippen molar-refractivity contribution in [3.8, 4) is 11.8 Å². The quantitative estimate of drug-likeness (QED) is 0.556. The predicted octanol–water partition coefficient (Wildman–Crippen LogP) is 4.37. The summed E-state index contributed by atoms with van der Waals surface area (Å²) in [5.74, 6) is 7.05. The third-order valence-electron chi connectivity index (χ3n) is 3.30. The molecule has 17 heavy (non-hydrogen) atoms. The molecule has 0 aromatic rings. The molecular weight excluding hydrogens is 206 g/mol. The van der Waals surface area contributed by atoms with Crippen molar-refractivity contribution < 1.29 is 0 Å². The molecule has 0 heterocycles. The topological polar surface area (TPSA) is 12.0 Å². The van der Waals surface area contributed by atoms with Crippen LogP contribution >= 0.6 is 0 Å². The van der Waals surface area contributed by atoms with Gasteiger partial charge >= 0.3 is 0 Å². The lowest BCUT2D eigenvalue weighted by Gasteiger charge is -2.27. The molecule has 1 atom stereocenters. The van der Waals surface area contributed by atoms with E-state index >= 15 is 0 Å². The van der Waals surface area contributed by atoms with Crippen LogP contribution in [0.2, 0.25) is 0 Å². The van der Waals surface area contributed by atoms with Crippen LogP contribution in [0.15, 0.2) is 0 Å². The molecule has 0 aliphatic carbocycles. The van der Waals surface area contributed by atoms with E-state index in [0.717, 1.165) is 18.9 Å². The van der Waals surface area contributed by atoms with E-state index in [9.17, 15) is 0 Å². The van der Waals surface area contributed by atoms with Gasteiger partial charge in [0.05, 0.1) is 0 Å². The minimum absolute atomic E-state index is 0.677. The molecule has 1 N–H and O–H groups in total. The first-order valence-electron chi connectivity index (χ1n) is 7.43. The summed E-state index contributed by atoms with van der Waals surface area (Å²) in [7, 11) is 0. The summed E-state index contributed by atoms with van der Waals surface area (Å²) >= 11 is 0. The van der Waals surface area contributed by atoms with Crippen molar-refractivity contribution in [1.29, 1.82) is 0 Å². The molecule has 1 heteroatoms. The Bertz CT molecular complexity index is 205. The smallest absolute Gasteiger partial charge is 0.0104 e. The molecule has 0 aromatic heterocycles. The van der Waals surface area contributed by atoms with Crippen LogP contribution in [0, 0.1) is 17.8 Å². The minimum atomic E-state index is 0.677. The third kappa shape index (κ3) is 8.27. The van der Waals surface area contributed by atoms with Gasteiger partial charge in [-0.25, -0.2) is 0 Å². The van der Waals surface area contributed by atoms with E-state index in [-0.39, 0.29) is 0 Å². The minimum Gasteiger partial charge on any atom is -0.314 e. The Labute approximate surface area is 109 Å². The second-order valence-corrected chi connectivity index (χ2v) is 4.86. The van der Waals surface area contributed by atoms with E-state index in [2.05, 4.69) is 37.9 Å². The summed E-state index contributed by atoms with van der Waals surface area (Å²) in [4.78, 5) is 0. The van der Waals surface area contributed by atoms with Crippen LogP contribution in [0.3, 0.4) is 0 Å². The van der Waals surface area contributed by atoms with Crippen molar-refractivity contribution >= 4 is 0 Å². The zero-order chi connectivity index (χ0) is 12.9. The maximum atomic E-state index is 3.73. The van der Waals surface area contributed by atoms with Gasteiger partial charge in [-0.05, 0) is 45.1 Å². The highest BCUT2D eigenvalue weighted by molar-refractivity contribution is 4.96. The Hall–Kier alpha value is -0.480. The molecule has 1 nitrogen and oxygen atoms in total. The van der Waals surface area contributed by atoms with Gasteiger partial charge < -0.3 is 5.32 Å². The fourth-order valence-electron chi connectivity index (χ4n) is 2.48. The molecule has 0 saturated heterocycles. The average Bonchev–Trinajstić information content (AvgIpc) is 2.33. The zero-order valence-electron chi connectivity index (χ0n) is 12.3. The van der Waals surface area contributed by atoms with Crippen molar-refractivity contribution in [3.63, 3.8) is 0 Å². The van der Waals surface area contributed by atoms with Crippen molar-refractivity contribution in [3.05, 3.63) is 0 Å². The maximum absolute atomic E-state index is 3.73. The highest BCUT2D eigenvalue weighted by Gasteiger charge is 2.18. The Balaban J connectivity index is 4.28. The normalized spacial score (nSPS) is 12.3. The second kappa shape index (κ2) is 12.0. The standard InChI is InChI=1S/C16H31N/c1-5-9-10-13-16(17-14-8-4)15(11-6-2)12-7-3/h15-17H,6-8,10-14H2,1-4H3. The molecule has 1 unspecified atom stereocenters. The molecule has 0 aliphatic heterocycles. The Morgan fingerprint density at radius 1 is 0.941 bits per heavy atom. The third-order valence-corrected chi connectivity index (χ3v) is 3.30. The molecular formula is C16H31N. The van der Waals surface area contributed by atoms with E-state index < -0.39 is 0 Å². The molecule has 0 bridgehead atoms. The van der Waals surface area contributed by atoms with Crippen molar-refractivity contribution in [2.24, 2.45) is 5.92 Å². The average molecular weight is 237 g/mol. The van der Waals surface area contributed by atoms with Gasteiger partial charge in [0.1, 0.15) is 0 Å². The van der Waals surface area contributed by atoms with Gasteiger partial charge in [-0.1, -0.05) is 33.6 Å².